The summed E-state index contributed by atoms with van der Waals surface area (Å²) >= 11 is 1.05. The van der Waals surface area contributed by atoms with Gasteiger partial charge in [-0.05, 0) is 5.56 Å². The molecule has 0 aromatic heterocycles. The largest absolute Gasteiger partial charge is 0.480 e. The number of carbonyl (C=O) groups excluding carboxylic acids is 2. The van der Waals surface area contributed by atoms with Crippen LogP contribution in [-0.2, 0) is 20.8 Å². The van der Waals surface area contributed by atoms with Crippen molar-refractivity contribution in [2.24, 2.45) is 5.73 Å². The minimum Gasteiger partial charge on any atom is -0.480 e. The lowest BCUT2D eigenvalue weighted by atomic mass is 10.1. The van der Waals surface area contributed by atoms with Crippen LogP contribution < -0.4 is 11.1 Å². The number of amides is 2. The van der Waals surface area contributed by atoms with Crippen molar-refractivity contribution < 1.29 is 19.5 Å². The van der Waals surface area contributed by atoms with Gasteiger partial charge in [0.1, 0.15) is 6.04 Å². The van der Waals surface area contributed by atoms with Crippen molar-refractivity contribution in [3.8, 4) is 0 Å². The zero-order chi connectivity index (χ0) is 15.0. The summed E-state index contributed by atoms with van der Waals surface area (Å²) < 4.78 is 0. The Labute approximate surface area is 120 Å². The van der Waals surface area contributed by atoms with Crippen LogP contribution in [0.5, 0.6) is 0 Å². The summed E-state index contributed by atoms with van der Waals surface area (Å²) in [4.78, 5) is 33.2. The molecular weight excluding hydrogens is 280 g/mol. The molecule has 6 nitrogen and oxygen atoms in total. The number of nitrogens with one attached hydrogen (secondary N) is 1. The van der Waals surface area contributed by atoms with Crippen molar-refractivity contribution in [2.45, 2.75) is 12.5 Å². The Morgan fingerprint density at radius 2 is 1.85 bits per heavy atom. The van der Waals surface area contributed by atoms with Gasteiger partial charge in [-0.3, -0.25) is 9.59 Å². The van der Waals surface area contributed by atoms with E-state index in [9.17, 15) is 14.4 Å². The van der Waals surface area contributed by atoms with Crippen LogP contribution in [0.25, 0.3) is 0 Å². The molecule has 0 bridgehead atoms. The third kappa shape index (κ3) is 6.24. The topological polar surface area (TPSA) is 109 Å². The Morgan fingerprint density at radius 1 is 1.20 bits per heavy atom. The number of primary amides is 1. The molecule has 0 fully saturated rings. The average Bonchev–Trinajstić information content (AvgIpc) is 2.38. The molecule has 0 radical (unpaired) electrons. The molecule has 0 spiro atoms. The normalized spacial score (nSPS) is 11.6. The highest BCUT2D eigenvalue weighted by atomic mass is 32.2. The fourth-order valence-corrected chi connectivity index (χ4v) is 2.10. The van der Waals surface area contributed by atoms with Crippen LogP contribution >= 0.6 is 11.8 Å². The van der Waals surface area contributed by atoms with E-state index >= 15 is 0 Å². The first-order valence-corrected chi connectivity index (χ1v) is 7.06. The molecule has 0 aliphatic rings. The van der Waals surface area contributed by atoms with E-state index in [2.05, 4.69) is 5.32 Å². The van der Waals surface area contributed by atoms with E-state index in [1.165, 1.54) is 0 Å². The molecule has 0 saturated carbocycles. The first kappa shape index (κ1) is 16.0. The standard InChI is InChI=1S/C13H16N2O4S/c14-11(16)7-20-8-12(17)15-10(13(18)19)6-9-4-2-1-3-5-9/h1-5,10H,6-8H2,(H2,14,16)(H,15,17)(H,18,19)/t10-/m1/s1. The highest BCUT2D eigenvalue weighted by Gasteiger charge is 2.20. The molecule has 2 amide bonds. The van der Waals surface area contributed by atoms with Gasteiger partial charge in [0.25, 0.3) is 0 Å². The zero-order valence-electron chi connectivity index (χ0n) is 10.7. The summed E-state index contributed by atoms with van der Waals surface area (Å²) in [5, 5.41) is 11.5. The molecule has 1 aromatic carbocycles. The van der Waals surface area contributed by atoms with Crippen molar-refractivity contribution in [1.29, 1.82) is 0 Å². The molecule has 1 rings (SSSR count). The lowest BCUT2D eigenvalue weighted by Crippen LogP contribution is -2.43. The van der Waals surface area contributed by atoms with Gasteiger partial charge >= 0.3 is 5.97 Å². The van der Waals surface area contributed by atoms with Gasteiger partial charge in [0.15, 0.2) is 0 Å². The number of benzene rings is 1. The number of carboxylic acids is 1. The Balaban J connectivity index is 2.49. The van der Waals surface area contributed by atoms with Crippen molar-refractivity contribution in [2.75, 3.05) is 11.5 Å². The number of thioether (sulfide) groups is 1. The quantitative estimate of drug-likeness (QED) is 0.626. The van der Waals surface area contributed by atoms with Crippen LogP contribution in [0.3, 0.4) is 0 Å². The maximum atomic E-state index is 11.6. The predicted molar refractivity (Wildman–Crippen MR) is 76.2 cm³/mol. The minimum atomic E-state index is -1.10. The van der Waals surface area contributed by atoms with Crippen molar-refractivity contribution >= 4 is 29.5 Å². The fraction of sp³-hybridized carbons (Fsp3) is 0.308. The van der Waals surface area contributed by atoms with E-state index in [1.807, 2.05) is 6.07 Å². The minimum absolute atomic E-state index is 0.00150. The van der Waals surface area contributed by atoms with Gasteiger partial charge in [-0.25, -0.2) is 4.79 Å². The first-order valence-electron chi connectivity index (χ1n) is 5.91. The number of rotatable bonds is 8. The first-order chi connectivity index (χ1) is 9.49. The molecule has 1 atom stereocenters. The lowest BCUT2D eigenvalue weighted by molar-refractivity contribution is -0.141. The smallest absolute Gasteiger partial charge is 0.326 e. The molecule has 108 valence electrons. The molecule has 0 unspecified atom stereocenters. The predicted octanol–water partition coefficient (Wildman–Crippen LogP) is 0.0170. The van der Waals surface area contributed by atoms with Crippen LogP contribution in [0.4, 0.5) is 0 Å². The highest BCUT2D eigenvalue weighted by molar-refractivity contribution is 8.00. The molecule has 0 aliphatic heterocycles. The van der Waals surface area contributed by atoms with E-state index in [-0.39, 0.29) is 17.9 Å². The van der Waals surface area contributed by atoms with Crippen molar-refractivity contribution in [1.82, 2.24) is 5.32 Å². The summed E-state index contributed by atoms with van der Waals surface area (Å²) in [7, 11) is 0. The molecule has 0 saturated heterocycles. The number of nitrogens with two attached hydrogens (primary N) is 1. The summed E-state index contributed by atoms with van der Waals surface area (Å²) in [5.41, 5.74) is 5.77. The summed E-state index contributed by atoms with van der Waals surface area (Å²) in [6, 6.07) is 8.04. The number of aliphatic carboxylic acids is 1. The van der Waals surface area contributed by atoms with E-state index in [1.54, 1.807) is 24.3 Å². The van der Waals surface area contributed by atoms with Gasteiger partial charge in [0.05, 0.1) is 11.5 Å². The Kier molecular flexibility index (Phi) is 6.58. The molecule has 1 aromatic rings. The van der Waals surface area contributed by atoms with Gasteiger partial charge in [0, 0.05) is 6.42 Å². The van der Waals surface area contributed by atoms with E-state index in [0.29, 0.717) is 0 Å². The highest BCUT2D eigenvalue weighted by Crippen LogP contribution is 2.04. The molecule has 0 aliphatic carbocycles. The van der Waals surface area contributed by atoms with Crippen LogP contribution in [-0.4, -0.2) is 40.4 Å². The van der Waals surface area contributed by atoms with Crippen LogP contribution in [0.15, 0.2) is 30.3 Å². The average molecular weight is 296 g/mol. The van der Waals surface area contributed by atoms with Gasteiger partial charge in [-0.1, -0.05) is 30.3 Å². The maximum absolute atomic E-state index is 11.6. The van der Waals surface area contributed by atoms with Crippen LogP contribution in [0.2, 0.25) is 0 Å². The van der Waals surface area contributed by atoms with Crippen molar-refractivity contribution in [3.05, 3.63) is 35.9 Å². The van der Waals surface area contributed by atoms with E-state index in [0.717, 1.165) is 17.3 Å². The van der Waals surface area contributed by atoms with Gasteiger partial charge in [0.2, 0.25) is 11.8 Å². The Bertz CT molecular complexity index is 479. The molecule has 20 heavy (non-hydrogen) atoms. The second-order valence-corrected chi connectivity index (χ2v) is 5.09. The fourth-order valence-electron chi connectivity index (χ4n) is 1.53. The van der Waals surface area contributed by atoms with Gasteiger partial charge in [-0.2, -0.15) is 0 Å². The molecule has 0 heterocycles. The maximum Gasteiger partial charge on any atom is 0.326 e. The molecule has 4 N–H and O–H groups in total. The second-order valence-electron chi connectivity index (χ2n) is 4.11. The van der Waals surface area contributed by atoms with E-state index < -0.39 is 23.8 Å². The lowest BCUT2D eigenvalue weighted by Gasteiger charge is -2.14. The molecular formula is C13H16N2O4S. The number of carbonyl (C=O) groups is 3. The van der Waals surface area contributed by atoms with Crippen LogP contribution in [0, 0.1) is 0 Å². The summed E-state index contributed by atoms with van der Waals surface area (Å²) in [6.45, 7) is 0. The van der Waals surface area contributed by atoms with E-state index in [4.69, 9.17) is 10.8 Å². The molecule has 7 heteroatoms. The monoisotopic (exact) mass is 296 g/mol. The third-order valence-corrected chi connectivity index (χ3v) is 3.35. The second kappa shape index (κ2) is 8.21. The number of carboxylic acid groups (broad SMARTS) is 1. The summed E-state index contributed by atoms with van der Waals surface area (Å²) in [5.74, 6) is -2.01. The summed E-state index contributed by atoms with van der Waals surface area (Å²) in [6.07, 6.45) is 0.211. The van der Waals surface area contributed by atoms with Crippen molar-refractivity contribution in [3.63, 3.8) is 0 Å². The third-order valence-electron chi connectivity index (χ3n) is 2.39. The SMILES string of the molecule is NC(=O)CSCC(=O)N[C@H](Cc1ccccc1)C(=O)O. The Morgan fingerprint density at radius 3 is 2.40 bits per heavy atom. The van der Waals surface area contributed by atoms with Gasteiger partial charge in [-0.15, -0.1) is 11.8 Å². The number of hydrogen-bond donors (Lipinski definition) is 3. The van der Waals surface area contributed by atoms with Gasteiger partial charge < -0.3 is 16.2 Å². The zero-order valence-corrected chi connectivity index (χ0v) is 11.6. The number of hydrogen-bond acceptors (Lipinski definition) is 4. The Hall–Kier alpha value is -2.02. The van der Waals surface area contributed by atoms with Crippen LogP contribution in [0.1, 0.15) is 5.56 Å².